The first-order chi connectivity index (χ1) is 14.8. The average molecular weight is 413 g/mol. The van der Waals surface area contributed by atoms with Gasteiger partial charge in [0.2, 0.25) is 0 Å². The Hall–Kier alpha value is -2.97. The molecule has 2 nitrogen and oxygen atoms in total. The minimum absolute atomic E-state index is 0.0380. The molecule has 160 valence electrons. The molecular formula is C29H32O2. The van der Waals surface area contributed by atoms with E-state index in [4.69, 9.17) is 0 Å². The number of benzene rings is 3. The summed E-state index contributed by atoms with van der Waals surface area (Å²) in [5.74, 6) is 0.0380. The van der Waals surface area contributed by atoms with Gasteiger partial charge in [0.25, 0.3) is 0 Å². The Kier molecular flexibility index (Phi) is 7.25. The standard InChI is InChI=1S/C29H32O2/c1-21-13-14-24(17-18-29(4,20-30)23(3)31)19-27(21)16-15-25-11-8-12-28(22(25)2)26-9-6-5-7-10-26/h5-16,19,30H,17-18,20H2,1-4H3/b16-15+. The molecule has 1 unspecified atom stereocenters. The largest absolute Gasteiger partial charge is 0.395 e. The Balaban J connectivity index is 1.83. The molecule has 0 fully saturated rings. The van der Waals surface area contributed by atoms with Gasteiger partial charge in [0.1, 0.15) is 5.78 Å². The van der Waals surface area contributed by atoms with Crippen molar-refractivity contribution >= 4 is 17.9 Å². The lowest BCUT2D eigenvalue weighted by atomic mass is 9.81. The number of hydrogen-bond acceptors (Lipinski definition) is 2. The maximum absolute atomic E-state index is 11.9. The number of rotatable bonds is 8. The van der Waals surface area contributed by atoms with Gasteiger partial charge in [0, 0.05) is 5.41 Å². The number of aliphatic hydroxyl groups excluding tert-OH is 1. The molecule has 0 bridgehead atoms. The summed E-state index contributed by atoms with van der Waals surface area (Å²) < 4.78 is 0. The van der Waals surface area contributed by atoms with Crippen molar-refractivity contribution in [3.8, 4) is 11.1 Å². The summed E-state index contributed by atoms with van der Waals surface area (Å²) in [6.45, 7) is 7.57. The number of carbonyl (C=O) groups excluding carboxylic acids is 1. The van der Waals surface area contributed by atoms with Crippen LogP contribution in [0.1, 0.15) is 48.1 Å². The molecule has 3 aromatic carbocycles. The molecule has 0 aromatic heterocycles. The molecule has 31 heavy (non-hydrogen) atoms. The Morgan fingerprint density at radius 3 is 2.32 bits per heavy atom. The summed E-state index contributed by atoms with van der Waals surface area (Å²) in [4.78, 5) is 11.9. The van der Waals surface area contributed by atoms with Gasteiger partial charge in [-0.05, 0) is 72.6 Å². The summed E-state index contributed by atoms with van der Waals surface area (Å²) in [6, 6.07) is 23.3. The lowest BCUT2D eigenvalue weighted by Crippen LogP contribution is -2.30. The van der Waals surface area contributed by atoms with E-state index < -0.39 is 5.41 Å². The normalized spacial score (nSPS) is 13.3. The fourth-order valence-electron chi connectivity index (χ4n) is 3.76. The zero-order valence-electron chi connectivity index (χ0n) is 19.0. The molecule has 3 aromatic rings. The van der Waals surface area contributed by atoms with E-state index in [1.54, 1.807) is 6.92 Å². The predicted molar refractivity (Wildman–Crippen MR) is 131 cm³/mol. The molecule has 0 aliphatic carbocycles. The van der Waals surface area contributed by atoms with E-state index in [2.05, 4.69) is 86.7 Å². The number of Topliss-reactive ketones (excluding diaryl/α,β-unsaturated/α-hetero) is 1. The van der Waals surface area contributed by atoms with E-state index in [0.717, 1.165) is 6.42 Å². The van der Waals surface area contributed by atoms with E-state index in [1.165, 1.54) is 38.9 Å². The number of carbonyl (C=O) groups is 1. The van der Waals surface area contributed by atoms with E-state index in [0.29, 0.717) is 6.42 Å². The van der Waals surface area contributed by atoms with Gasteiger partial charge in [-0.3, -0.25) is 4.79 Å². The predicted octanol–water partition coefficient (Wildman–Crippen LogP) is 6.66. The molecule has 3 rings (SSSR count). The van der Waals surface area contributed by atoms with E-state index in [1.807, 2.05) is 13.0 Å². The molecule has 0 heterocycles. The second-order valence-corrected chi connectivity index (χ2v) is 8.69. The van der Waals surface area contributed by atoms with Gasteiger partial charge in [-0.25, -0.2) is 0 Å². The van der Waals surface area contributed by atoms with Crippen LogP contribution >= 0.6 is 0 Å². The minimum Gasteiger partial charge on any atom is -0.395 e. The van der Waals surface area contributed by atoms with Crippen LogP contribution in [0.2, 0.25) is 0 Å². The quantitative estimate of drug-likeness (QED) is 0.420. The number of ketones is 1. The maximum atomic E-state index is 11.9. The van der Waals surface area contributed by atoms with E-state index in [9.17, 15) is 9.90 Å². The summed E-state index contributed by atoms with van der Waals surface area (Å²) in [6.07, 6.45) is 5.76. The first kappa shape index (κ1) is 22.7. The molecule has 0 aliphatic rings. The second kappa shape index (κ2) is 9.89. The Morgan fingerprint density at radius 1 is 0.935 bits per heavy atom. The molecule has 0 radical (unpaired) electrons. The van der Waals surface area contributed by atoms with Gasteiger partial charge in [-0.15, -0.1) is 0 Å². The van der Waals surface area contributed by atoms with E-state index >= 15 is 0 Å². The SMILES string of the molecule is CC(=O)C(C)(CO)CCc1ccc(C)c(/C=C/c2cccc(-c3ccccc3)c2C)c1. The lowest BCUT2D eigenvalue weighted by molar-refractivity contribution is -0.128. The van der Waals surface area contributed by atoms with Crippen molar-refractivity contribution in [3.05, 3.63) is 94.5 Å². The molecule has 1 atom stereocenters. The smallest absolute Gasteiger partial charge is 0.137 e. The van der Waals surface area contributed by atoms with Gasteiger partial charge in [-0.1, -0.05) is 85.8 Å². The zero-order chi connectivity index (χ0) is 22.4. The first-order valence-electron chi connectivity index (χ1n) is 10.9. The van der Waals surface area contributed by atoms with Gasteiger partial charge in [0.05, 0.1) is 6.61 Å². The van der Waals surface area contributed by atoms with Crippen LogP contribution in [0.4, 0.5) is 0 Å². The van der Waals surface area contributed by atoms with Crippen molar-refractivity contribution in [1.82, 2.24) is 0 Å². The maximum Gasteiger partial charge on any atom is 0.137 e. The van der Waals surface area contributed by atoms with Crippen LogP contribution in [0.25, 0.3) is 23.3 Å². The Bertz CT molecular complexity index is 1080. The van der Waals surface area contributed by atoms with Crippen molar-refractivity contribution in [2.75, 3.05) is 6.61 Å². The number of aryl methyl sites for hydroxylation is 2. The highest BCUT2D eigenvalue weighted by Gasteiger charge is 2.28. The molecular weight excluding hydrogens is 380 g/mol. The third-order valence-corrected chi connectivity index (χ3v) is 6.41. The van der Waals surface area contributed by atoms with Crippen molar-refractivity contribution < 1.29 is 9.90 Å². The van der Waals surface area contributed by atoms with Gasteiger partial charge >= 0.3 is 0 Å². The summed E-state index contributed by atoms with van der Waals surface area (Å²) >= 11 is 0. The summed E-state index contributed by atoms with van der Waals surface area (Å²) in [5.41, 5.74) is 7.85. The fourth-order valence-corrected chi connectivity index (χ4v) is 3.76. The summed E-state index contributed by atoms with van der Waals surface area (Å²) in [7, 11) is 0. The highest BCUT2D eigenvalue weighted by molar-refractivity contribution is 5.82. The van der Waals surface area contributed by atoms with Crippen molar-refractivity contribution in [3.63, 3.8) is 0 Å². The Morgan fingerprint density at radius 2 is 1.65 bits per heavy atom. The third-order valence-electron chi connectivity index (χ3n) is 6.41. The first-order valence-corrected chi connectivity index (χ1v) is 10.9. The lowest BCUT2D eigenvalue weighted by Gasteiger charge is -2.24. The second-order valence-electron chi connectivity index (χ2n) is 8.69. The van der Waals surface area contributed by atoms with Crippen molar-refractivity contribution in [2.24, 2.45) is 5.41 Å². The molecule has 0 amide bonds. The minimum atomic E-state index is -0.671. The molecule has 2 heteroatoms. The van der Waals surface area contributed by atoms with Crippen LogP contribution in [-0.2, 0) is 11.2 Å². The van der Waals surface area contributed by atoms with Gasteiger partial charge < -0.3 is 5.11 Å². The van der Waals surface area contributed by atoms with Crippen molar-refractivity contribution in [2.45, 2.75) is 40.5 Å². The highest BCUT2D eigenvalue weighted by Crippen LogP contribution is 2.28. The van der Waals surface area contributed by atoms with Crippen LogP contribution in [0, 0.1) is 19.3 Å². The number of hydrogen-bond donors (Lipinski definition) is 1. The molecule has 1 N–H and O–H groups in total. The topological polar surface area (TPSA) is 37.3 Å². The highest BCUT2D eigenvalue weighted by atomic mass is 16.3. The average Bonchev–Trinajstić information content (AvgIpc) is 2.78. The van der Waals surface area contributed by atoms with Gasteiger partial charge in [0.15, 0.2) is 0 Å². The molecule has 0 saturated carbocycles. The van der Waals surface area contributed by atoms with Gasteiger partial charge in [-0.2, -0.15) is 0 Å². The molecule has 0 spiro atoms. The van der Waals surface area contributed by atoms with Crippen LogP contribution in [0.15, 0.2) is 66.7 Å². The van der Waals surface area contributed by atoms with Crippen LogP contribution in [0.3, 0.4) is 0 Å². The van der Waals surface area contributed by atoms with Crippen LogP contribution in [0.5, 0.6) is 0 Å². The molecule has 0 aliphatic heterocycles. The monoisotopic (exact) mass is 412 g/mol. The van der Waals surface area contributed by atoms with E-state index in [-0.39, 0.29) is 12.4 Å². The third kappa shape index (κ3) is 5.39. The Labute approximate surface area is 186 Å². The van der Waals surface area contributed by atoms with Crippen LogP contribution < -0.4 is 0 Å². The molecule has 0 saturated heterocycles. The number of aliphatic hydroxyl groups is 1. The fraction of sp³-hybridized carbons (Fsp3) is 0.276. The van der Waals surface area contributed by atoms with Crippen molar-refractivity contribution in [1.29, 1.82) is 0 Å². The van der Waals surface area contributed by atoms with Crippen LogP contribution in [-0.4, -0.2) is 17.5 Å². The summed E-state index contributed by atoms with van der Waals surface area (Å²) in [5, 5.41) is 9.64. The zero-order valence-corrected chi connectivity index (χ0v) is 19.0.